The van der Waals surface area contributed by atoms with Gasteiger partial charge in [-0.25, -0.2) is 0 Å². The van der Waals surface area contributed by atoms with Crippen molar-refractivity contribution in [3.63, 3.8) is 0 Å². The van der Waals surface area contributed by atoms with Crippen LogP contribution in [0.15, 0.2) is 4.52 Å². The third kappa shape index (κ3) is 2.23. The number of hydrogen-bond acceptors (Lipinski definition) is 4. The van der Waals surface area contributed by atoms with Gasteiger partial charge in [0.05, 0.1) is 0 Å². The van der Waals surface area contributed by atoms with Gasteiger partial charge in [-0.15, -0.1) is 11.6 Å². The van der Waals surface area contributed by atoms with Gasteiger partial charge in [0.15, 0.2) is 5.82 Å². The summed E-state index contributed by atoms with van der Waals surface area (Å²) < 4.78 is 4.94. The summed E-state index contributed by atoms with van der Waals surface area (Å²) in [7, 11) is 1.65. The Morgan fingerprint density at radius 1 is 1.71 bits per heavy atom. The molecule has 0 aliphatic rings. The first-order chi connectivity index (χ1) is 6.56. The van der Waals surface area contributed by atoms with Gasteiger partial charge in [-0.1, -0.05) is 5.16 Å². The molecule has 0 fully saturated rings. The maximum Gasteiger partial charge on any atom is 0.249 e. The molecular weight excluding hydrogens is 206 g/mol. The zero-order valence-corrected chi connectivity index (χ0v) is 9.08. The first kappa shape index (κ1) is 11.0. The van der Waals surface area contributed by atoms with Crippen LogP contribution in [-0.4, -0.2) is 33.9 Å². The highest BCUT2D eigenvalue weighted by Gasteiger charge is 2.21. The normalized spacial score (nSPS) is 12.6. The van der Waals surface area contributed by atoms with Crippen molar-refractivity contribution in [1.29, 1.82) is 0 Å². The number of alkyl halides is 1. The average molecular weight is 218 g/mol. The molecule has 0 bridgehead atoms. The van der Waals surface area contributed by atoms with Gasteiger partial charge < -0.3 is 9.42 Å². The summed E-state index contributed by atoms with van der Waals surface area (Å²) in [6.45, 7) is 3.53. The number of amides is 1. The first-order valence-electron chi connectivity index (χ1n) is 4.18. The Balaban J connectivity index is 2.74. The molecule has 0 aliphatic heterocycles. The van der Waals surface area contributed by atoms with Crippen molar-refractivity contribution in [2.24, 2.45) is 0 Å². The topological polar surface area (TPSA) is 59.2 Å². The highest BCUT2D eigenvalue weighted by Crippen LogP contribution is 2.16. The van der Waals surface area contributed by atoms with Gasteiger partial charge in [0.25, 0.3) is 0 Å². The first-order valence-corrected chi connectivity index (χ1v) is 4.71. The summed E-state index contributed by atoms with van der Waals surface area (Å²) in [5, 5.41) is 3.65. The molecule has 0 saturated carbocycles. The van der Waals surface area contributed by atoms with E-state index in [1.807, 2.05) is 0 Å². The van der Waals surface area contributed by atoms with Crippen molar-refractivity contribution >= 4 is 17.5 Å². The van der Waals surface area contributed by atoms with E-state index in [1.165, 1.54) is 4.90 Å². The van der Waals surface area contributed by atoms with Crippen LogP contribution < -0.4 is 0 Å². The van der Waals surface area contributed by atoms with Crippen LogP contribution in [0.4, 0.5) is 0 Å². The minimum absolute atomic E-state index is 0.0477. The molecule has 1 aromatic heterocycles. The molecule has 0 aromatic carbocycles. The van der Waals surface area contributed by atoms with Gasteiger partial charge >= 0.3 is 0 Å². The van der Waals surface area contributed by atoms with Crippen molar-refractivity contribution in [3.05, 3.63) is 11.7 Å². The quantitative estimate of drug-likeness (QED) is 0.713. The second kappa shape index (κ2) is 4.41. The van der Waals surface area contributed by atoms with Crippen molar-refractivity contribution < 1.29 is 9.32 Å². The highest BCUT2D eigenvalue weighted by atomic mass is 35.5. The smallest absolute Gasteiger partial charge is 0.249 e. The molecule has 6 heteroatoms. The van der Waals surface area contributed by atoms with Crippen LogP contribution in [0.2, 0.25) is 0 Å². The van der Waals surface area contributed by atoms with E-state index in [-0.39, 0.29) is 17.8 Å². The molecule has 0 N–H and O–H groups in total. The predicted octanol–water partition coefficient (Wildman–Crippen LogP) is 1.14. The second-order valence-corrected chi connectivity index (χ2v) is 3.26. The predicted molar refractivity (Wildman–Crippen MR) is 50.9 cm³/mol. The van der Waals surface area contributed by atoms with E-state index in [2.05, 4.69) is 10.1 Å². The lowest BCUT2D eigenvalue weighted by Crippen LogP contribution is -2.30. The van der Waals surface area contributed by atoms with Crippen LogP contribution in [0.5, 0.6) is 0 Å². The van der Waals surface area contributed by atoms with Crippen molar-refractivity contribution in [2.45, 2.75) is 19.9 Å². The summed E-state index contributed by atoms with van der Waals surface area (Å²) in [6, 6.07) is -0.248. The lowest BCUT2D eigenvalue weighted by atomic mass is 10.3. The minimum atomic E-state index is -0.248. The van der Waals surface area contributed by atoms with Gasteiger partial charge in [-0.2, -0.15) is 4.98 Å². The van der Waals surface area contributed by atoms with Crippen LogP contribution >= 0.6 is 11.6 Å². The third-order valence-corrected chi connectivity index (χ3v) is 2.22. The van der Waals surface area contributed by atoms with Crippen LogP contribution in [0, 0.1) is 6.92 Å². The maximum atomic E-state index is 11.2. The molecular formula is C8H12ClN3O2. The highest BCUT2D eigenvalue weighted by molar-refractivity contribution is 6.27. The molecule has 78 valence electrons. The molecule has 14 heavy (non-hydrogen) atoms. The van der Waals surface area contributed by atoms with E-state index in [9.17, 15) is 4.79 Å². The standard InChI is InChI=1S/C8H12ClN3O2/c1-5(12(3)7(13)4-9)8-10-6(2)11-14-8/h5H,4H2,1-3H3. The minimum Gasteiger partial charge on any atom is -0.337 e. The number of aromatic nitrogens is 2. The molecule has 1 atom stereocenters. The van der Waals surface area contributed by atoms with E-state index in [4.69, 9.17) is 16.1 Å². The molecule has 1 unspecified atom stereocenters. The molecule has 1 aromatic rings. The Labute approximate surface area is 87.0 Å². The van der Waals surface area contributed by atoms with Crippen molar-refractivity contribution in [3.8, 4) is 0 Å². The van der Waals surface area contributed by atoms with Crippen LogP contribution in [0.1, 0.15) is 24.7 Å². The Bertz CT molecular complexity index is 326. The van der Waals surface area contributed by atoms with Gasteiger partial charge in [0.1, 0.15) is 11.9 Å². The van der Waals surface area contributed by atoms with E-state index in [0.29, 0.717) is 11.7 Å². The lowest BCUT2D eigenvalue weighted by molar-refractivity contribution is -0.129. The van der Waals surface area contributed by atoms with Gasteiger partial charge in [-0.05, 0) is 13.8 Å². The molecule has 5 nitrogen and oxygen atoms in total. The molecule has 0 radical (unpaired) electrons. The third-order valence-electron chi connectivity index (χ3n) is 1.99. The fraction of sp³-hybridized carbons (Fsp3) is 0.625. The monoisotopic (exact) mass is 217 g/mol. The number of carbonyl (C=O) groups is 1. The summed E-state index contributed by atoms with van der Waals surface area (Å²) in [6.07, 6.45) is 0. The van der Waals surface area contributed by atoms with E-state index < -0.39 is 0 Å². The Morgan fingerprint density at radius 2 is 2.36 bits per heavy atom. The second-order valence-electron chi connectivity index (χ2n) is 2.99. The molecule has 0 aliphatic carbocycles. The Morgan fingerprint density at radius 3 is 2.79 bits per heavy atom. The van der Waals surface area contributed by atoms with E-state index >= 15 is 0 Å². The van der Waals surface area contributed by atoms with Gasteiger partial charge in [0.2, 0.25) is 11.8 Å². The number of rotatable bonds is 3. The molecule has 1 rings (SSSR count). The van der Waals surface area contributed by atoms with Gasteiger partial charge in [0, 0.05) is 7.05 Å². The number of nitrogens with zero attached hydrogens (tertiary/aromatic N) is 3. The number of hydrogen-bond donors (Lipinski definition) is 0. The zero-order valence-electron chi connectivity index (χ0n) is 8.32. The summed E-state index contributed by atoms with van der Waals surface area (Å²) in [5.74, 6) is 0.755. The van der Waals surface area contributed by atoms with E-state index in [0.717, 1.165) is 0 Å². The van der Waals surface area contributed by atoms with Gasteiger partial charge in [-0.3, -0.25) is 4.79 Å². The molecule has 0 saturated heterocycles. The number of aryl methyl sites for hydroxylation is 1. The van der Waals surface area contributed by atoms with Crippen LogP contribution in [0.3, 0.4) is 0 Å². The number of halogens is 1. The molecule has 1 heterocycles. The lowest BCUT2D eigenvalue weighted by Gasteiger charge is -2.20. The fourth-order valence-electron chi connectivity index (χ4n) is 0.959. The fourth-order valence-corrected chi connectivity index (χ4v) is 1.15. The molecule has 0 spiro atoms. The van der Waals surface area contributed by atoms with Crippen LogP contribution in [0.25, 0.3) is 0 Å². The van der Waals surface area contributed by atoms with Crippen molar-refractivity contribution in [1.82, 2.24) is 15.0 Å². The Kier molecular flexibility index (Phi) is 3.46. The maximum absolute atomic E-state index is 11.2. The molecule has 1 amide bonds. The summed E-state index contributed by atoms with van der Waals surface area (Å²) >= 11 is 5.43. The average Bonchev–Trinajstić information content (AvgIpc) is 2.61. The zero-order chi connectivity index (χ0) is 10.7. The largest absolute Gasteiger partial charge is 0.337 e. The Hall–Kier alpha value is -1.10. The summed E-state index contributed by atoms with van der Waals surface area (Å²) in [5.41, 5.74) is 0. The number of carbonyl (C=O) groups excluding carboxylic acids is 1. The SMILES string of the molecule is Cc1noc(C(C)N(C)C(=O)CCl)n1. The summed E-state index contributed by atoms with van der Waals surface area (Å²) in [4.78, 5) is 16.7. The van der Waals surface area contributed by atoms with Crippen LogP contribution in [-0.2, 0) is 4.79 Å². The van der Waals surface area contributed by atoms with Crippen molar-refractivity contribution in [2.75, 3.05) is 12.9 Å². The van der Waals surface area contributed by atoms with E-state index in [1.54, 1.807) is 20.9 Å².